The van der Waals surface area contributed by atoms with E-state index in [0.717, 1.165) is 37.9 Å². The monoisotopic (exact) mass is 337 g/mol. The number of amides is 1. The molecular formula is C18H35N5O. The lowest BCUT2D eigenvalue weighted by Crippen LogP contribution is -2.45. The number of aliphatic imine (C=N–C) groups is 1. The Morgan fingerprint density at radius 2 is 1.92 bits per heavy atom. The Morgan fingerprint density at radius 3 is 2.54 bits per heavy atom. The van der Waals surface area contributed by atoms with Crippen molar-refractivity contribution >= 4 is 11.9 Å². The van der Waals surface area contributed by atoms with Crippen molar-refractivity contribution in [1.29, 1.82) is 0 Å². The van der Waals surface area contributed by atoms with E-state index in [1.807, 2.05) is 25.8 Å². The lowest BCUT2D eigenvalue weighted by atomic mass is 9.94. The Bertz CT molecular complexity index is 429. The van der Waals surface area contributed by atoms with Crippen molar-refractivity contribution in [3.8, 4) is 0 Å². The van der Waals surface area contributed by atoms with Gasteiger partial charge in [-0.3, -0.25) is 9.79 Å². The fourth-order valence-electron chi connectivity index (χ4n) is 3.58. The first-order valence-corrected chi connectivity index (χ1v) is 9.44. The maximum Gasteiger partial charge on any atom is 0.225 e. The van der Waals surface area contributed by atoms with Crippen LogP contribution in [0.4, 0.5) is 0 Å². The van der Waals surface area contributed by atoms with Gasteiger partial charge in [-0.05, 0) is 51.7 Å². The minimum atomic E-state index is 0.0794. The number of guanidine groups is 1. The maximum absolute atomic E-state index is 12.1. The van der Waals surface area contributed by atoms with Gasteiger partial charge in [-0.15, -0.1) is 0 Å². The highest BCUT2D eigenvalue weighted by atomic mass is 16.2. The van der Waals surface area contributed by atoms with Gasteiger partial charge in [0.25, 0.3) is 0 Å². The van der Waals surface area contributed by atoms with Gasteiger partial charge < -0.3 is 20.4 Å². The average molecular weight is 338 g/mol. The summed E-state index contributed by atoms with van der Waals surface area (Å²) in [5.74, 6) is 2.03. The van der Waals surface area contributed by atoms with E-state index in [4.69, 9.17) is 0 Å². The molecule has 6 nitrogen and oxygen atoms in total. The van der Waals surface area contributed by atoms with Crippen LogP contribution in [0.15, 0.2) is 4.99 Å². The molecule has 2 heterocycles. The third kappa shape index (κ3) is 5.65. The zero-order valence-corrected chi connectivity index (χ0v) is 15.8. The molecule has 0 aromatic rings. The standard InChI is InChI=1S/C18H35N5O/c1-14(2)17(24)23-12-8-16(13-23)21-18(19-3)20-9-5-15-6-10-22(4)11-7-15/h14-16H,5-13H2,1-4H3,(H2,19,20,21). The SMILES string of the molecule is CN=C(NCCC1CCN(C)CC1)NC1CCN(C(=O)C(C)C)C1. The highest BCUT2D eigenvalue weighted by molar-refractivity contribution is 5.81. The second kappa shape index (κ2) is 9.25. The van der Waals surface area contributed by atoms with Crippen molar-refractivity contribution in [2.45, 2.75) is 45.6 Å². The molecule has 2 rings (SSSR count). The number of likely N-dealkylation sites (tertiary alicyclic amines) is 2. The molecule has 24 heavy (non-hydrogen) atoms. The molecule has 1 amide bonds. The van der Waals surface area contributed by atoms with Crippen molar-refractivity contribution < 1.29 is 4.79 Å². The molecule has 1 unspecified atom stereocenters. The fourth-order valence-corrected chi connectivity index (χ4v) is 3.58. The topological polar surface area (TPSA) is 60.0 Å². The molecule has 2 fully saturated rings. The van der Waals surface area contributed by atoms with Gasteiger partial charge in [-0.25, -0.2) is 0 Å². The normalized spacial score (nSPS) is 23.8. The molecule has 0 saturated carbocycles. The predicted octanol–water partition coefficient (Wildman–Crippen LogP) is 1.14. The summed E-state index contributed by atoms with van der Waals surface area (Å²) in [4.78, 5) is 20.8. The third-order valence-electron chi connectivity index (χ3n) is 5.24. The molecule has 0 radical (unpaired) electrons. The number of carbonyl (C=O) groups excluding carboxylic acids is 1. The van der Waals surface area contributed by atoms with E-state index < -0.39 is 0 Å². The van der Waals surface area contributed by atoms with Crippen LogP contribution < -0.4 is 10.6 Å². The lowest BCUT2D eigenvalue weighted by Gasteiger charge is -2.29. The molecule has 0 bridgehead atoms. The zero-order chi connectivity index (χ0) is 17.5. The molecule has 0 spiro atoms. The van der Waals surface area contributed by atoms with Crippen LogP contribution >= 0.6 is 0 Å². The third-order valence-corrected chi connectivity index (χ3v) is 5.24. The van der Waals surface area contributed by atoms with Gasteiger partial charge in [0.2, 0.25) is 5.91 Å². The van der Waals surface area contributed by atoms with Crippen LogP contribution in [0.2, 0.25) is 0 Å². The molecule has 0 aromatic carbocycles. The molecule has 138 valence electrons. The molecule has 6 heteroatoms. The minimum Gasteiger partial charge on any atom is -0.356 e. The van der Waals surface area contributed by atoms with Crippen LogP contribution in [0.3, 0.4) is 0 Å². The zero-order valence-electron chi connectivity index (χ0n) is 15.8. The molecule has 2 saturated heterocycles. The highest BCUT2D eigenvalue weighted by Gasteiger charge is 2.28. The first-order chi connectivity index (χ1) is 11.5. The van der Waals surface area contributed by atoms with Crippen molar-refractivity contribution in [1.82, 2.24) is 20.4 Å². The van der Waals surface area contributed by atoms with Gasteiger partial charge >= 0.3 is 0 Å². The smallest absolute Gasteiger partial charge is 0.225 e. The van der Waals surface area contributed by atoms with Crippen LogP contribution in [0.25, 0.3) is 0 Å². The lowest BCUT2D eigenvalue weighted by molar-refractivity contribution is -0.133. The largest absolute Gasteiger partial charge is 0.356 e. The number of piperidine rings is 1. The molecule has 2 N–H and O–H groups in total. The predicted molar refractivity (Wildman–Crippen MR) is 99.2 cm³/mol. The van der Waals surface area contributed by atoms with Crippen molar-refractivity contribution in [2.24, 2.45) is 16.8 Å². The van der Waals surface area contributed by atoms with Gasteiger partial charge in [0, 0.05) is 38.6 Å². The average Bonchev–Trinajstić information content (AvgIpc) is 3.03. The van der Waals surface area contributed by atoms with Crippen LogP contribution in [0.1, 0.15) is 39.5 Å². The van der Waals surface area contributed by atoms with E-state index in [9.17, 15) is 4.79 Å². The number of nitrogens with zero attached hydrogens (tertiary/aromatic N) is 3. The maximum atomic E-state index is 12.1. The highest BCUT2D eigenvalue weighted by Crippen LogP contribution is 2.18. The van der Waals surface area contributed by atoms with Gasteiger partial charge in [0.15, 0.2) is 5.96 Å². The van der Waals surface area contributed by atoms with Crippen LogP contribution in [-0.2, 0) is 4.79 Å². The molecule has 1 atom stereocenters. The van der Waals surface area contributed by atoms with E-state index in [2.05, 4.69) is 27.6 Å². The first kappa shape index (κ1) is 19.0. The number of nitrogens with one attached hydrogen (secondary N) is 2. The second-order valence-corrected chi connectivity index (χ2v) is 7.60. The van der Waals surface area contributed by atoms with Crippen LogP contribution in [0.5, 0.6) is 0 Å². The molecule has 0 aromatic heterocycles. The minimum absolute atomic E-state index is 0.0794. The van der Waals surface area contributed by atoms with E-state index in [0.29, 0.717) is 6.04 Å². The Morgan fingerprint density at radius 1 is 1.21 bits per heavy atom. The van der Waals surface area contributed by atoms with E-state index in [1.165, 1.54) is 32.4 Å². The summed E-state index contributed by atoms with van der Waals surface area (Å²) in [7, 11) is 4.02. The summed E-state index contributed by atoms with van der Waals surface area (Å²) in [6.07, 6.45) is 4.81. The molecular weight excluding hydrogens is 302 g/mol. The molecule has 2 aliphatic rings. The summed E-state index contributed by atoms with van der Waals surface area (Å²) >= 11 is 0. The van der Waals surface area contributed by atoms with Gasteiger partial charge in [-0.1, -0.05) is 13.8 Å². The summed E-state index contributed by atoms with van der Waals surface area (Å²) < 4.78 is 0. The fraction of sp³-hybridized carbons (Fsp3) is 0.889. The van der Waals surface area contributed by atoms with E-state index in [1.54, 1.807) is 0 Å². The first-order valence-electron chi connectivity index (χ1n) is 9.44. The van der Waals surface area contributed by atoms with Crippen molar-refractivity contribution in [3.05, 3.63) is 0 Å². The summed E-state index contributed by atoms with van der Waals surface area (Å²) in [6, 6.07) is 0.308. The Balaban J connectivity index is 1.67. The number of carbonyl (C=O) groups is 1. The number of rotatable bonds is 5. The molecule has 0 aliphatic carbocycles. The van der Waals surface area contributed by atoms with Crippen LogP contribution in [0, 0.1) is 11.8 Å². The van der Waals surface area contributed by atoms with Gasteiger partial charge in [0.1, 0.15) is 0 Å². The Kier molecular flexibility index (Phi) is 7.34. The summed E-state index contributed by atoms with van der Waals surface area (Å²) in [5.41, 5.74) is 0. The van der Waals surface area contributed by atoms with Crippen molar-refractivity contribution in [3.63, 3.8) is 0 Å². The summed E-state index contributed by atoms with van der Waals surface area (Å²) in [5, 5.41) is 6.91. The Hall–Kier alpha value is -1.30. The molecule has 2 aliphatic heterocycles. The van der Waals surface area contributed by atoms with Gasteiger partial charge in [0.05, 0.1) is 0 Å². The van der Waals surface area contributed by atoms with E-state index in [-0.39, 0.29) is 11.8 Å². The van der Waals surface area contributed by atoms with Crippen LogP contribution in [-0.4, -0.2) is 74.5 Å². The van der Waals surface area contributed by atoms with E-state index >= 15 is 0 Å². The van der Waals surface area contributed by atoms with Gasteiger partial charge in [-0.2, -0.15) is 0 Å². The Labute approximate surface area is 147 Å². The number of hydrogen-bond acceptors (Lipinski definition) is 3. The quantitative estimate of drug-likeness (QED) is 0.583. The summed E-state index contributed by atoms with van der Waals surface area (Å²) in [6.45, 7) is 8.97. The van der Waals surface area contributed by atoms with Crippen molar-refractivity contribution in [2.75, 3.05) is 46.8 Å². The second-order valence-electron chi connectivity index (χ2n) is 7.60. The number of hydrogen-bond donors (Lipinski definition) is 2.